The molecule has 0 saturated carbocycles. The van der Waals surface area contributed by atoms with Gasteiger partial charge in [0.1, 0.15) is 0 Å². The molecule has 0 atom stereocenters. The molecule has 0 bridgehead atoms. The normalized spacial score (nSPS) is 4.50. The smallest absolute Gasteiger partial charge is 0.907 e. The molecule has 0 rings (SSSR count). The van der Waals surface area contributed by atoms with Crippen molar-refractivity contribution < 1.29 is 31.6 Å². The van der Waals surface area contributed by atoms with Crippen molar-refractivity contribution in [1.29, 1.82) is 0 Å². The summed E-state index contributed by atoms with van der Waals surface area (Å²) in [5, 5.41) is 25.2. The first-order valence-electron chi connectivity index (χ1n) is 0.707. The van der Waals surface area contributed by atoms with Crippen LogP contribution < -0.4 is 15.1 Å². The molecular weight excluding hydrogens is 144 g/mol. The number of hydrogen-bond acceptors (Lipinski definition) is 3. The zero-order valence-corrected chi connectivity index (χ0v) is 4.84. The summed E-state index contributed by atoms with van der Waals surface area (Å²) in [4.78, 5) is 0. The summed E-state index contributed by atoms with van der Waals surface area (Å²) >= 11 is 0. The van der Waals surface area contributed by atoms with Gasteiger partial charge in [0, 0.05) is 0 Å². The average Bonchev–Trinajstić information content (AvgIpc) is 0.811. The van der Waals surface area contributed by atoms with Crippen LogP contribution in [-0.2, 0) is 16.5 Å². The molecule has 0 aliphatic heterocycles. The average molecular weight is 144 g/mol. The maximum absolute atomic E-state index is 8.42. The minimum absolute atomic E-state index is 0. The van der Waals surface area contributed by atoms with Gasteiger partial charge in [-0.25, -0.2) is 0 Å². The first-order valence-corrected chi connectivity index (χ1v) is 0.707. The van der Waals surface area contributed by atoms with Gasteiger partial charge in [-0.05, 0) is 0 Å². The van der Waals surface area contributed by atoms with Crippen molar-refractivity contribution in [2.24, 2.45) is 0 Å². The molecule has 3 nitrogen and oxygen atoms in total. The zero-order chi connectivity index (χ0) is 3.58. The SMILES string of the molecule is [Al+3].[Ni+2].[O-]B([O-])[O-]. The van der Waals surface area contributed by atoms with Crippen LogP contribution in [0.15, 0.2) is 0 Å². The van der Waals surface area contributed by atoms with Crippen LogP contribution in [0.3, 0.4) is 0 Å². The molecule has 32 valence electrons. The van der Waals surface area contributed by atoms with E-state index < -0.39 is 7.32 Å². The minimum Gasteiger partial charge on any atom is -0.907 e. The molecule has 0 amide bonds. The summed E-state index contributed by atoms with van der Waals surface area (Å²) in [5.41, 5.74) is 0. The van der Waals surface area contributed by atoms with Gasteiger partial charge in [-0.3, -0.25) is 7.32 Å². The molecule has 0 unspecified atom stereocenters. The number of hydrogen-bond donors (Lipinski definition) is 0. The molecule has 0 aliphatic carbocycles. The van der Waals surface area contributed by atoms with Gasteiger partial charge in [-0.1, -0.05) is 0 Å². The molecule has 0 radical (unpaired) electrons. The van der Waals surface area contributed by atoms with Gasteiger partial charge >= 0.3 is 33.9 Å². The van der Waals surface area contributed by atoms with E-state index in [1.54, 1.807) is 0 Å². The molecule has 0 aromatic carbocycles. The first-order chi connectivity index (χ1) is 1.73. The second kappa shape index (κ2) is 9.36. The molecule has 6 heavy (non-hydrogen) atoms. The summed E-state index contributed by atoms with van der Waals surface area (Å²) in [7, 11) is -2.92. The van der Waals surface area contributed by atoms with Crippen LogP contribution >= 0.6 is 0 Å². The van der Waals surface area contributed by atoms with Crippen molar-refractivity contribution >= 4 is 24.7 Å². The van der Waals surface area contributed by atoms with Crippen molar-refractivity contribution in [1.82, 2.24) is 0 Å². The summed E-state index contributed by atoms with van der Waals surface area (Å²) in [6, 6.07) is 0. The Hall–Kier alpha value is 0.971. The molecule has 0 N–H and O–H groups in total. The zero-order valence-electron chi connectivity index (χ0n) is 2.70. The van der Waals surface area contributed by atoms with E-state index >= 15 is 0 Å². The Morgan fingerprint density at radius 1 is 1.00 bits per heavy atom. The maximum Gasteiger partial charge on any atom is 3.00 e. The topological polar surface area (TPSA) is 69.2 Å². The fourth-order valence-electron chi connectivity index (χ4n) is 0. The fourth-order valence-corrected chi connectivity index (χ4v) is 0. The summed E-state index contributed by atoms with van der Waals surface area (Å²) in [5.74, 6) is 0. The molecule has 0 fully saturated rings. The van der Waals surface area contributed by atoms with Crippen LogP contribution in [0.25, 0.3) is 0 Å². The van der Waals surface area contributed by atoms with Crippen molar-refractivity contribution in [3.05, 3.63) is 0 Å². The van der Waals surface area contributed by atoms with E-state index in [4.69, 9.17) is 15.1 Å². The van der Waals surface area contributed by atoms with Crippen LogP contribution in [0, 0.1) is 0 Å². The minimum atomic E-state index is -2.92. The van der Waals surface area contributed by atoms with Crippen LogP contribution in [0.5, 0.6) is 0 Å². The van der Waals surface area contributed by atoms with Gasteiger partial charge in [0.15, 0.2) is 0 Å². The van der Waals surface area contributed by atoms with Gasteiger partial charge in [0.25, 0.3) is 0 Å². The van der Waals surface area contributed by atoms with Gasteiger partial charge < -0.3 is 15.1 Å². The largest absolute Gasteiger partial charge is 3.00 e. The van der Waals surface area contributed by atoms with Crippen molar-refractivity contribution in [2.75, 3.05) is 0 Å². The molecule has 6 heteroatoms. The third-order valence-electron chi connectivity index (χ3n) is 0. The Morgan fingerprint density at radius 3 is 1.00 bits per heavy atom. The monoisotopic (exact) mass is 144 g/mol. The fraction of sp³-hybridized carbons (Fsp3) is 0. The summed E-state index contributed by atoms with van der Waals surface area (Å²) < 4.78 is 0. The van der Waals surface area contributed by atoms with Crippen LogP contribution in [-0.4, -0.2) is 24.7 Å². The maximum atomic E-state index is 8.42. The first kappa shape index (κ1) is 15.8. The Balaban J connectivity index is -0.0000000450. The predicted molar refractivity (Wildman–Crippen MR) is 11.5 cm³/mol. The van der Waals surface area contributed by atoms with E-state index in [1.165, 1.54) is 0 Å². The third kappa shape index (κ3) is 83.1. The number of rotatable bonds is 0. The molecule has 0 saturated heterocycles. The van der Waals surface area contributed by atoms with E-state index in [0.29, 0.717) is 0 Å². The van der Waals surface area contributed by atoms with E-state index in [1.807, 2.05) is 0 Å². The third-order valence-corrected chi connectivity index (χ3v) is 0. The van der Waals surface area contributed by atoms with Gasteiger partial charge in [-0.15, -0.1) is 0 Å². The Kier molecular flexibility index (Phi) is 24.6. The van der Waals surface area contributed by atoms with Gasteiger partial charge in [-0.2, -0.15) is 0 Å². The molecular formula is AlBNiO3+2. The predicted octanol–water partition coefficient (Wildman–Crippen LogP) is -4.33. The van der Waals surface area contributed by atoms with E-state index in [9.17, 15) is 0 Å². The van der Waals surface area contributed by atoms with E-state index in [2.05, 4.69) is 0 Å². The Morgan fingerprint density at radius 2 is 1.00 bits per heavy atom. The van der Waals surface area contributed by atoms with Crippen molar-refractivity contribution in [3.63, 3.8) is 0 Å². The second-order valence-electron chi connectivity index (χ2n) is 0.289. The van der Waals surface area contributed by atoms with E-state index in [-0.39, 0.29) is 33.9 Å². The molecule has 0 aromatic heterocycles. The Bertz CT molecular complexity index is 15.5. The standard InChI is InChI=1S/Al.BO3.Ni/c;2-1(3)4;/q+3;-3;+2. The Labute approximate surface area is 56.6 Å². The second-order valence-corrected chi connectivity index (χ2v) is 0.289. The summed E-state index contributed by atoms with van der Waals surface area (Å²) in [6.07, 6.45) is 0. The van der Waals surface area contributed by atoms with Crippen molar-refractivity contribution in [2.45, 2.75) is 0 Å². The quantitative estimate of drug-likeness (QED) is 0.323. The van der Waals surface area contributed by atoms with Gasteiger partial charge in [0.2, 0.25) is 0 Å². The van der Waals surface area contributed by atoms with E-state index in [0.717, 1.165) is 0 Å². The molecule has 0 aromatic rings. The molecule has 0 heterocycles. The van der Waals surface area contributed by atoms with Gasteiger partial charge in [0.05, 0.1) is 0 Å². The van der Waals surface area contributed by atoms with Crippen molar-refractivity contribution in [3.8, 4) is 0 Å². The van der Waals surface area contributed by atoms with Crippen LogP contribution in [0.2, 0.25) is 0 Å². The van der Waals surface area contributed by atoms with Crippen LogP contribution in [0.4, 0.5) is 0 Å². The summed E-state index contributed by atoms with van der Waals surface area (Å²) in [6.45, 7) is 0. The van der Waals surface area contributed by atoms with Crippen LogP contribution in [0.1, 0.15) is 0 Å². The molecule has 0 spiro atoms. The molecule has 0 aliphatic rings.